The second kappa shape index (κ2) is 7.27. The Labute approximate surface area is 136 Å². The number of halogens is 2. The molecule has 1 aliphatic heterocycles. The van der Waals surface area contributed by atoms with E-state index >= 15 is 0 Å². The summed E-state index contributed by atoms with van der Waals surface area (Å²) in [5.41, 5.74) is 3.46. The fourth-order valence-corrected chi connectivity index (χ4v) is 2.82. The number of benzene rings is 1. The van der Waals surface area contributed by atoms with Gasteiger partial charge in [-0.3, -0.25) is 10.00 Å². The van der Waals surface area contributed by atoms with Crippen molar-refractivity contribution in [1.82, 2.24) is 20.4 Å². The lowest BCUT2D eigenvalue weighted by molar-refractivity contribution is 0.200. The highest BCUT2D eigenvalue weighted by atomic mass is 35.5. The van der Waals surface area contributed by atoms with Crippen LogP contribution < -0.4 is 5.32 Å². The van der Waals surface area contributed by atoms with Crippen molar-refractivity contribution in [1.29, 1.82) is 0 Å². The molecule has 0 spiro atoms. The monoisotopic (exact) mass is 326 g/mol. The lowest BCUT2D eigenvalue weighted by Crippen LogP contribution is -2.48. The molecule has 0 radical (unpaired) electrons. The second-order valence-corrected chi connectivity index (χ2v) is 5.80. The van der Waals surface area contributed by atoms with Gasteiger partial charge in [-0.25, -0.2) is 0 Å². The quantitative estimate of drug-likeness (QED) is 0.911. The summed E-state index contributed by atoms with van der Waals surface area (Å²) in [5.74, 6) is 0. The van der Waals surface area contributed by atoms with Gasteiger partial charge < -0.3 is 5.32 Å². The Hall–Kier alpha value is -1.07. The Morgan fingerprint density at radius 1 is 1.33 bits per heavy atom. The van der Waals surface area contributed by atoms with Crippen molar-refractivity contribution >= 4 is 24.0 Å². The van der Waals surface area contributed by atoms with E-state index in [4.69, 9.17) is 11.6 Å². The van der Waals surface area contributed by atoms with E-state index in [2.05, 4.69) is 27.3 Å². The largest absolute Gasteiger partial charge is 0.312 e. The van der Waals surface area contributed by atoms with Gasteiger partial charge in [0.25, 0.3) is 0 Å². The number of aromatic amines is 1. The summed E-state index contributed by atoms with van der Waals surface area (Å²) in [5, 5.41) is 11.5. The Morgan fingerprint density at radius 3 is 2.81 bits per heavy atom. The maximum absolute atomic E-state index is 5.94. The third kappa shape index (κ3) is 3.98. The summed E-state index contributed by atoms with van der Waals surface area (Å²) in [4.78, 5) is 2.46. The number of piperazine rings is 1. The molecule has 0 bridgehead atoms. The lowest BCUT2D eigenvalue weighted by atomic mass is 10.1. The first-order chi connectivity index (χ1) is 9.72. The zero-order chi connectivity index (χ0) is 13.9. The average molecular weight is 327 g/mol. The first kappa shape index (κ1) is 16.3. The molecule has 0 saturated carbocycles. The minimum atomic E-state index is 0. The molecule has 4 nitrogen and oxygen atoms in total. The molecule has 2 aromatic rings. The smallest absolute Gasteiger partial charge is 0.0695 e. The number of nitrogens with zero attached hydrogens (tertiary/aromatic N) is 2. The SMILES string of the molecule is C[C@@H]1CN(Cc2cn[nH]c2-c2ccc(Cl)cc2)CCN1.Cl. The lowest BCUT2D eigenvalue weighted by Gasteiger charge is -2.31. The predicted molar refractivity (Wildman–Crippen MR) is 89.0 cm³/mol. The van der Waals surface area contributed by atoms with Crippen LogP contribution in [-0.2, 0) is 6.54 Å². The van der Waals surface area contributed by atoms with Gasteiger partial charge in [-0.2, -0.15) is 5.10 Å². The van der Waals surface area contributed by atoms with Gasteiger partial charge in [0.1, 0.15) is 0 Å². The van der Waals surface area contributed by atoms with E-state index in [9.17, 15) is 0 Å². The number of rotatable bonds is 3. The summed E-state index contributed by atoms with van der Waals surface area (Å²) in [6, 6.07) is 8.43. The summed E-state index contributed by atoms with van der Waals surface area (Å²) >= 11 is 5.94. The fraction of sp³-hybridized carbons (Fsp3) is 0.400. The Bertz CT molecular complexity index is 567. The van der Waals surface area contributed by atoms with Crippen LogP contribution in [0, 0.1) is 0 Å². The maximum atomic E-state index is 5.94. The van der Waals surface area contributed by atoms with E-state index in [0.29, 0.717) is 6.04 Å². The van der Waals surface area contributed by atoms with Crippen molar-refractivity contribution in [2.75, 3.05) is 19.6 Å². The van der Waals surface area contributed by atoms with Gasteiger partial charge in [0.15, 0.2) is 0 Å². The summed E-state index contributed by atoms with van der Waals surface area (Å²) < 4.78 is 0. The molecule has 1 aromatic carbocycles. The van der Waals surface area contributed by atoms with Crippen molar-refractivity contribution in [3.63, 3.8) is 0 Å². The maximum Gasteiger partial charge on any atom is 0.0695 e. The van der Waals surface area contributed by atoms with E-state index in [-0.39, 0.29) is 12.4 Å². The zero-order valence-corrected chi connectivity index (χ0v) is 13.5. The van der Waals surface area contributed by atoms with E-state index in [0.717, 1.165) is 42.5 Å². The second-order valence-electron chi connectivity index (χ2n) is 5.37. The molecule has 1 saturated heterocycles. The molecule has 0 aliphatic carbocycles. The van der Waals surface area contributed by atoms with Crippen molar-refractivity contribution < 1.29 is 0 Å². The fourth-order valence-electron chi connectivity index (χ4n) is 2.69. The molecule has 1 atom stereocenters. The number of hydrogen-bond acceptors (Lipinski definition) is 3. The molecule has 1 fully saturated rings. The van der Waals surface area contributed by atoms with Crippen molar-refractivity contribution in [3.05, 3.63) is 41.0 Å². The molecular formula is C15H20Cl2N4. The molecular weight excluding hydrogens is 307 g/mol. The minimum absolute atomic E-state index is 0. The van der Waals surface area contributed by atoms with E-state index in [1.54, 1.807) is 0 Å². The Balaban J connectivity index is 0.00000161. The molecule has 3 rings (SSSR count). The number of nitrogens with one attached hydrogen (secondary N) is 2. The molecule has 2 N–H and O–H groups in total. The van der Waals surface area contributed by atoms with Crippen molar-refractivity contribution in [2.24, 2.45) is 0 Å². The van der Waals surface area contributed by atoms with Crippen LogP contribution >= 0.6 is 24.0 Å². The summed E-state index contributed by atoms with van der Waals surface area (Å²) in [6.45, 7) is 6.36. The average Bonchev–Trinajstić information content (AvgIpc) is 2.88. The summed E-state index contributed by atoms with van der Waals surface area (Å²) in [7, 11) is 0. The highest BCUT2D eigenvalue weighted by Crippen LogP contribution is 2.24. The normalized spacial score (nSPS) is 19.2. The van der Waals surface area contributed by atoms with E-state index in [1.165, 1.54) is 5.56 Å². The number of hydrogen-bond donors (Lipinski definition) is 2. The van der Waals surface area contributed by atoms with E-state index in [1.807, 2.05) is 30.5 Å². The first-order valence-electron chi connectivity index (χ1n) is 6.96. The predicted octanol–water partition coefficient (Wildman–Crippen LogP) is 2.95. The molecule has 6 heteroatoms. The molecule has 0 unspecified atom stereocenters. The topological polar surface area (TPSA) is 44.0 Å². The van der Waals surface area contributed by atoms with Crippen LogP contribution in [0.4, 0.5) is 0 Å². The van der Waals surface area contributed by atoms with Crippen LogP contribution in [0.25, 0.3) is 11.3 Å². The van der Waals surface area contributed by atoms with Gasteiger partial charge >= 0.3 is 0 Å². The number of aromatic nitrogens is 2. The van der Waals surface area contributed by atoms with Crippen LogP contribution in [0.1, 0.15) is 12.5 Å². The Morgan fingerprint density at radius 2 is 2.10 bits per heavy atom. The van der Waals surface area contributed by atoms with Gasteiger partial charge in [0.05, 0.1) is 11.9 Å². The third-order valence-electron chi connectivity index (χ3n) is 3.70. The third-order valence-corrected chi connectivity index (χ3v) is 3.95. The molecule has 114 valence electrons. The van der Waals surface area contributed by atoms with Crippen LogP contribution in [0.15, 0.2) is 30.5 Å². The van der Waals surface area contributed by atoms with Gasteiger partial charge in [0.2, 0.25) is 0 Å². The Kier molecular flexibility index (Phi) is 5.65. The van der Waals surface area contributed by atoms with Crippen molar-refractivity contribution in [3.8, 4) is 11.3 Å². The molecule has 1 aromatic heterocycles. The first-order valence-corrected chi connectivity index (χ1v) is 7.34. The highest BCUT2D eigenvalue weighted by molar-refractivity contribution is 6.30. The minimum Gasteiger partial charge on any atom is -0.312 e. The standard InChI is InChI=1S/C15H19ClN4.ClH/c1-11-9-20(7-6-17-11)10-13-8-18-19-15(13)12-2-4-14(16)5-3-12;/h2-5,8,11,17H,6-7,9-10H2,1H3,(H,18,19);1H/t11-;/m1./s1. The van der Waals surface area contributed by atoms with Crippen LogP contribution in [0.3, 0.4) is 0 Å². The molecule has 0 amide bonds. The van der Waals surface area contributed by atoms with Gasteiger partial charge in [-0.1, -0.05) is 23.7 Å². The zero-order valence-electron chi connectivity index (χ0n) is 12.0. The molecule has 1 aliphatic rings. The molecule has 21 heavy (non-hydrogen) atoms. The van der Waals surface area contributed by atoms with Crippen LogP contribution in [0.5, 0.6) is 0 Å². The van der Waals surface area contributed by atoms with Gasteiger partial charge in [-0.05, 0) is 24.6 Å². The van der Waals surface area contributed by atoms with Crippen LogP contribution in [-0.4, -0.2) is 40.8 Å². The summed E-state index contributed by atoms with van der Waals surface area (Å²) in [6.07, 6.45) is 1.93. The molecule has 2 heterocycles. The van der Waals surface area contributed by atoms with Gasteiger partial charge in [-0.15, -0.1) is 12.4 Å². The highest BCUT2D eigenvalue weighted by Gasteiger charge is 2.18. The number of H-pyrrole nitrogens is 1. The van der Waals surface area contributed by atoms with E-state index < -0.39 is 0 Å². The van der Waals surface area contributed by atoms with Crippen LogP contribution in [0.2, 0.25) is 5.02 Å². The van der Waals surface area contributed by atoms with Gasteiger partial charge in [0, 0.05) is 42.8 Å². The van der Waals surface area contributed by atoms with Crippen molar-refractivity contribution in [2.45, 2.75) is 19.5 Å².